The van der Waals surface area contributed by atoms with Crippen molar-refractivity contribution in [1.82, 2.24) is 9.55 Å². The molecule has 0 saturated carbocycles. The van der Waals surface area contributed by atoms with Gasteiger partial charge in [-0.05, 0) is 48.9 Å². The van der Waals surface area contributed by atoms with E-state index < -0.39 is 11.6 Å². The number of imidazole rings is 1. The maximum Gasteiger partial charge on any atom is 0.147 e. The van der Waals surface area contributed by atoms with Gasteiger partial charge in [-0.3, -0.25) is 4.57 Å². The van der Waals surface area contributed by atoms with Gasteiger partial charge in [0.25, 0.3) is 0 Å². The Bertz CT molecular complexity index is 938. The number of unbranched alkanes of at least 4 members (excludes halogenated alkanes) is 2. The zero-order chi connectivity index (χ0) is 24.3. The second kappa shape index (κ2) is 13.8. The molecule has 2 aromatic carbocycles. The van der Waals surface area contributed by atoms with Gasteiger partial charge in [0.15, 0.2) is 0 Å². The van der Waals surface area contributed by atoms with Crippen molar-refractivity contribution in [2.75, 3.05) is 0 Å². The topological polar surface area (TPSA) is 17.8 Å². The van der Waals surface area contributed by atoms with Crippen LogP contribution in [0, 0.1) is 25.5 Å². The highest BCUT2D eigenvalue weighted by Crippen LogP contribution is 2.35. The van der Waals surface area contributed by atoms with Crippen LogP contribution in [0.2, 0.25) is 0 Å². The van der Waals surface area contributed by atoms with Crippen molar-refractivity contribution >= 4 is 0 Å². The number of aryl methyl sites for hydroxylation is 2. The molecular weight excluding hydrogens is 402 g/mol. The fraction of sp³-hybridized carbons (Fsp3) is 0.464. The number of benzene rings is 2. The van der Waals surface area contributed by atoms with Crippen LogP contribution in [0.15, 0.2) is 42.7 Å². The Morgan fingerprint density at radius 1 is 0.969 bits per heavy atom. The molecule has 1 aromatic heterocycles. The molecule has 1 unspecified atom stereocenters. The maximum atomic E-state index is 14.8. The fourth-order valence-electron chi connectivity index (χ4n) is 3.65. The molecule has 32 heavy (non-hydrogen) atoms. The molecule has 1 heterocycles. The number of hydrogen-bond acceptors (Lipinski definition) is 1. The Balaban J connectivity index is 0.000000646. The van der Waals surface area contributed by atoms with E-state index in [0.717, 1.165) is 29.3 Å². The third-order valence-electron chi connectivity index (χ3n) is 5.48. The monoisotopic (exact) mass is 442 g/mol. The van der Waals surface area contributed by atoms with E-state index in [1.807, 2.05) is 70.5 Å². The Kier molecular flexibility index (Phi) is 11.9. The van der Waals surface area contributed by atoms with Crippen LogP contribution >= 0.6 is 0 Å². The smallest absolute Gasteiger partial charge is 0.147 e. The summed E-state index contributed by atoms with van der Waals surface area (Å²) in [6.45, 7) is 16.4. The molecule has 0 aliphatic rings. The van der Waals surface area contributed by atoms with Crippen molar-refractivity contribution in [3.63, 3.8) is 0 Å². The Hall–Kier alpha value is -2.49. The number of nitrogens with zero attached hydrogens (tertiary/aromatic N) is 2. The summed E-state index contributed by atoms with van der Waals surface area (Å²) >= 11 is 0. The lowest BCUT2D eigenvalue weighted by Gasteiger charge is -2.19. The normalized spacial score (nSPS) is 11.2. The molecule has 0 spiro atoms. The van der Waals surface area contributed by atoms with Crippen LogP contribution in [0.25, 0.3) is 17.1 Å². The summed E-state index contributed by atoms with van der Waals surface area (Å²) in [6.07, 6.45) is 8.35. The third kappa shape index (κ3) is 6.75. The summed E-state index contributed by atoms with van der Waals surface area (Å²) in [5.74, 6) is -0.593. The van der Waals surface area contributed by atoms with Gasteiger partial charge in [-0.15, -0.1) is 0 Å². The molecule has 0 aliphatic carbocycles. The number of halogens is 2. The van der Waals surface area contributed by atoms with Gasteiger partial charge in [0.1, 0.15) is 17.5 Å². The first-order valence-electron chi connectivity index (χ1n) is 11.9. The second-order valence-electron chi connectivity index (χ2n) is 7.88. The molecule has 4 heteroatoms. The standard InChI is InChI=1S/C21H22F2N2.C5H12.C2H6/c1-5-13(2)17-11-16(22)12-18(23)19(17)21-24-9-10-25(21)20-14(3)7-6-8-15(20)4;1-3-5-4-2;1-2/h6-13H,5H2,1-4H3;3-5H2,1-2H3;1-2H3. The number of rotatable bonds is 6. The summed E-state index contributed by atoms with van der Waals surface area (Å²) in [6, 6.07) is 8.39. The molecule has 0 bridgehead atoms. The molecular formula is C28H40F2N2. The Morgan fingerprint density at radius 3 is 2.06 bits per heavy atom. The van der Waals surface area contributed by atoms with Crippen molar-refractivity contribution in [2.24, 2.45) is 0 Å². The zero-order valence-electron chi connectivity index (χ0n) is 21.1. The number of aromatic nitrogens is 2. The van der Waals surface area contributed by atoms with Crippen LogP contribution in [0.1, 0.15) is 89.8 Å². The van der Waals surface area contributed by atoms with Crippen molar-refractivity contribution in [3.8, 4) is 17.1 Å². The van der Waals surface area contributed by atoms with Crippen LogP contribution in [-0.2, 0) is 0 Å². The van der Waals surface area contributed by atoms with E-state index in [1.165, 1.54) is 25.3 Å². The lowest BCUT2D eigenvalue weighted by molar-refractivity contribution is 0.575. The van der Waals surface area contributed by atoms with Gasteiger partial charge in [0.05, 0.1) is 11.3 Å². The van der Waals surface area contributed by atoms with Gasteiger partial charge < -0.3 is 0 Å². The molecule has 3 aromatic rings. The predicted molar refractivity (Wildman–Crippen MR) is 134 cm³/mol. The highest BCUT2D eigenvalue weighted by molar-refractivity contribution is 5.66. The van der Waals surface area contributed by atoms with E-state index in [9.17, 15) is 8.78 Å². The van der Waals surface area contributed by atoms with E-state index in [1.54, 1.807) is 6.20 Å². The van der Waals surface area contributed by atoms with Gasteiger partial charge in [-0.1, -0.05) is 79.0 Å². The van der Waals surface area contributed by atoms with Crippen LogP contribution in [0.5, 0.6) is 0 Å². The van der Waals surface area contributed by atoms with Gasteiger partial charge in [0.2, 0.25) is 0 Å². The molecule has 0 saturated heterocycles. The first kappa shape index (κ1) is 27.5. The first-order chi connectivity index (χ1) is 15.3. The SMILES string of the molecule is CC.CCC(C)c1cc(F)cc(F)c1-c1nccn1-c1c(C)cccc1C.CCCCC. The van der Waals surface area contributed by atoms with Crippen molar-refractivity contribution < 1.29 is 8.78 Å². The van der Waals surface area contributed by atoms with Gasteiger partial charge in [-0.2, -0.15) is 0 Å². The summed E-state index contributed by atoms with van der Waals surface area (Å²) < 4.78 is 30.5. The highest BCUT2D eigenvalue weighted by atomic mass is 19.1. The lowest BCUT2D eigenvalue weighted by atomic mass is 9.92. The fourth-order valence-corrected chi connectivity index (χ4v) is 3.65. The molecule has 0 amide bonds. The summed E-state index contributed by atoms with van der Waals surface area (Å²) in [7, 11) is 0. The summed E-state index contributed by atoms with van der Waals surface area (Å²) in [5.41, 5.74) is 4.16. The van der Waals surface area contributed by atoms with Crippen LogP contribution < -0.4 is 0 Å². The maximum absolute atomic E-state index is 14.8. The van der Waals surface area contributed by atoms with E-state index in [2.05, 4.69) is 18.8 Å². The molecule has 2 nitrogen and oxygen atoms in total. The second-order valence-corrected chi connectivity index (χ2v) is 7.88. The molecule has 0 N–H and O–H groups in total. The minimum Gasteiger partial charge on any atom is -0.299 e. The molecule has 176 valence electrons. The first-order valence-corrected chi connectivity index (χ1v) is 11.9. The summed E-state index contributed by atoms with van der Waals surface area (Å²) in [5, 5.41) is 0. The average molecular weight is 443 g/mol. The Morgan fingerprint density at radius 2 is 1.56 bits per heavy atom. The minimum atomic E-state index is -0.575. The van der Waals surface area contributed by atoms with Crippen LogP contribution in [-0.4, -0.2) is 9.55 Å². The molecule has 0 aliphatic heterocycles. The average Bonchev–Trinajstić information content (AvgIpc) is 3.23. The van der Waals surface area contributed by atoms with Gasteiger partial charge in [0, 0.05) is 18.5 Å². The minimum absolute atomic E-state index is 0.0308. The molecule has 1 atom stereocenters. The van der Waals surface area contributed by atoms with E-state index in [4.69, 9.17) is 0 Å². The number of hydrogen-bond donors (Lipinski definition) is 0. The molecule has 3 rings (SSSR count). The van der Waals surface area contributed by atoms with Gasteiger partial charge >= 0.3 is 0 Å². The molecule has 0 radical (unpaired) electrons. The van der Waals surface area contributed by atoms with E-state index in [0.29, 0.717) is 17.0 Å². The van der Waals surface area contributed by atoms with Crippen LogP contribution in [0.4, 0.5) is 8.78 Å². The zero-order valence-corrected chi connectivity index (χ0v) is 21.1. The number of para-hydroxylation sites is 1. The third-order valence-corrected chi connectivity index (χ3v) is 5.48. The van der Waals surface area contributed by atoms with Crippen LogP contribution in [0.3, 0.4) is 0 Å². The van der Waals surface area contributed by atoms with Crippen molar-refractivity contribution in [3.05, 3.63) is 71.1 Å². The van der Waals surface area contributed by atoms with Crippen molar-refractivity contribution in [2.45, 2.75) is 87.0 Å². The molecule has 0 fully saturated rings. The van der Waals surface area contributed by atoms with Crippen molar-refractivity contribution in [1.29, 1.82) is 0 Å². The largest absolute Gasteiger partial charge is 0.299 e. The quantitative estimate of drug-likeness (QED) is 0.372. The predicted octanol–water partition coefficient (Wildman–Crippen LogP) is 9.17. The van der Waals surface area contributed by atoms with Gasteiger partial charge in [-0.25, -0.2) is 13.8 Å². The van der Waals surface area contributed by atoms with E-state index >= 15 is 0 Å². The Labute approximate surface area is 193 Å². The lowest BCUT2D eigenvalue weighted by Crippen LogP contribution is -2.06. The summed E-state index contributed by atoms with van der Waals surface area (Å²) in [4.78, 5) is 4.41. The van der Waals surface area contributed by atoms with E-state index in [-0.39, 0.29) is 5.92 Å². The highest BCUT2D eigenvalue weighted by Gasteiger charge is 2.22.